The van der Waals surface area contributed by atoms with E-state index in [0.717, 1.165) is 17.9 Å². The Morgan fingerprint density at radius 3 is 2.41 bits per heavy atom. The van der Waals surface area contributed by atoms with E-state index in [-0.39, 0.29) is 0 Å². The van der Waals surface area contributed by atoms with Crippen LogP contribution in [0.1, 0.15) is 78.1 Å². The highest BCUT2D eigenvalue weighted by Gasteiger charge is 2.28. The van der Waals surface area contributed by atoms with E-state index in [4.69, 9.17) is 0 Å². The van der Waals surface area contributed by atoms with E-state index in [0.29, 0.717) is 0 Å². The summed E-state index contributed by atoms with van der Waals surface area (Å²) in [5.74, 6) is 1.99. The zero-order chi connectivity index (χ0) is 12.5. The molecule has 0 bridgehead atoms. The number of hydrogen-bond acceptors (Lipinski definition) is 1. The lowest BCUT2D eigenvalue weighted by Crippen LogP contribution is -2.38. The molecule has 0 amide bonds. The second-order valence-electron chi connectivity index (χ2n) is 5.97. The molecule has 1 nitrogen and oxygen atoms in total. The van der Waals surface area contributed by atoms with Crippen LogP contribution < -0.4 is 5.32 Å². The van der Waals surface area contributed by atoms with Gasteiger partial charge in [-0.3, -0.25) is 0 Å². The Bertz CT molecular complexity index is 178. The maximum atomic E-state index is 3.56. The van der Waals surface area contributed by atoms with Crippen molar-refractivity contribution >= 4 is 0 Å². The largest absolute Gasteiger partial charge is 0.317 e. The minimum absolute atomic E-state index is 0.810. The lowest BCUT2D eigenvalue weighted by atomic mass is 9.74. The highest BCUT2D eigenvalue weighted by molar-refractivity contribution is 4.83. The zero-order valence-corrected chi connectivity index (χ0v) is 12.3. The Balaban J connectivity index is 2.29. The van der Waals surface area contributed by atoms with Crippen molar-refractivity contribution in [3.8, 4) is 0 Å². The molecule has 0 spiro atoms. The van der Waals surface area contributed by atoms with Crippen molar-refractivity contribution in [2.75, 3.05) is 7.05 Å². The number of nitrogens with one attached hydrogen (secondary N) is 1. The first-order valence-electron chi connectivity index (χ1n) is 7.99. The van der Waals surface area contributed by atoms with Crippen molar-refractivity contribution in [3.05, 3.63) is 0 Å². The summed E-state index contributed by atoms with van der Waals surface area (Å²) in [4.78, 5) is 0. The van der Waals surface area contributed by atoms with Gasteiger partial charge in [0.2, 0.25) is 0 Å². The molecule has 0 aromatic heterocycles. The van der Waals surface area contributed by atoms with Gasteiger partial charge in [-0.25, -0.2) is 0 Å². The highest BCUT2D eigenvalue weighted by Crippen LogP contribution is 2.34. The molecule has 0 aliphatic heterocycles. The van der Waals surface area contributed by atoms with Gasteiger partial charge in [-0.2, -0.15) is 0 Å². The third-order valence-electron chi connectivity index (χ3n) is 4.59. The van der Waals surface area contributed by atoms with E-state index in [1.54, 1.807) is 0 Å². The summed E-state index contributed by atoms with van der Waals surface area (Å²) >= 11 is 0. The lowest BCUT2D eigenvalue weighted by molar-refractivity contribution is 0.188. The summed E-state index contributed by atoms with van der Waals surface area (Å²) in [6, 6.07) is 0.810. The first-order chi connectivity index (χ1) is 8.31. The number of hydrogen-bond donors (Lipinski definition) is 1. The van der Waals surface area contributed by atoms with Gasteiger partial charge < -0.3 is 5.32 Å². The topological polar surface area (TPSA) is 12.0 Å². The standard InChI is InChI=1S/C16H33N/c1-4-6-7-8-10-15-13-14(9-5-2)11-12-16(15)17-3/h14-17H,4-13H2,1-3H3. The fraction of sp³-hybridized carbons (Fsp3) is 1.00. The molecular formula is C16H33N. The molecule has 1 aliphatic rings. The summed E-state index contributed by atoms with van der Waals surface area (Å²) in [6.07, 6.45) is 14.4. The Labute approximate surface area is 109 Å². The Morgan fingerprint density at radius 2 is 1.76 bits per heavy atom. The number of rotatable bonds is 8. The second-order valence-corrected chi connectivity index (χ2v) is 5.97. The van der Waals surface area contributed by atoms with E-state index in [1.807, 2.05) is 0 Å². The van der Waals surface area contributed by atoms with Crippen LogP contribution in [0.15, 0.2) is 0 Å². The Hall–Kier alpha value is -0.0400. The fourth-order valence-electron chi connectivity index (χ4n) is 3.56. The molecular weight excluding hydrogens is 206 g/mol. The normalized spacial score (nSPS) is 29.5. The molecule has 1 heteroatoms. The smallest absolute Gasteiger partial charge is 0.00925 e. The van der Waals surface area contributed by atoms with Gasteiger partial charge in [-0.05, 0) is 44.6 Å². The van der Waals surface area contributed by atoms with Gasteiger partial charge in [0.25, 0.3) is 0 Å². The second kappa shape index (κ2) is 8.97. The molecule has 1 N–H and O–H groups in total. The van der Waals surface area contributed by atoms with Crippen LogP contribution in [0.5, 0.6) is 0 Å². The van der Waals surface area contributed by atoms with Crippen LogP contribution in [0.3, 0.4) is 0 Å². The van der Waals surface area contributed by atoms with Gasteiger partial charge in [-0.15, -0.1) is 0 Å². The van der Waals surface area contributed by atoms with Crippen LogP contribution in [-0.4, -0.2) is 13.1 Å². The SMILES string of the molecule is CCCCCCC1CC(CCC)CCC1NC. The summed E-state index contributed by atoms with van der Waals surface area (Å²) in [5, 5.41) is 3.56. The van der Waals surface area contributed by atoms with Crippen LogP contribution in [0, 0.1) is 11.8 Å². The molecule has 1 rings (SSSR count). The van der Waals surface area contributed by atoms with Crippen molar-refractivity contribution in [1.82, 2.24) is 5.32 Å². The van der Waals surface area contributed by atoms with Gasteiger partial charge in [0.15, 0.2) is 0 Å². The van der Waals surface area contributed by atoms with Crippen molar-refractivity contribution in [2.45, 2.75) is 84.1 Å². The average molecular weight is 239 g/mol. The van der Waals surface area contributed by atoms with Crippen LogP contribution >= 0.6 is 0 Å². The monoisotopic (exact) mass is 239 g/mol. The fourth-order valence-corrected chi connectivity index (χ4v) is 3.56. The molecule has 102 valence electrons. The molecule has 0 radical (unpaired) electrons. The third-order valence-corrected chi connectivity index (χ3v) is 4.59. The van der Waals surface area contributed by atoms with Gasteiger partial charge in [0.05, 0.1) is 0 Å². The first kappa shape index (κ1) is 15.0. The maximum Gasteiger partial charge on any atom is 0.00925 e. The Kier molecular flexibility index (Phi) is 7.92. The van der Waals surface area contributed by atoms with Crippen LogP contribution in [0.2, 0.25) is 0 Å². The molecule has 1 saturated carbocycles. The van der Waals surface area contributed by atoms with Crippen LogP contribution in [0.25, 0.3) is 0 Å². The van der Waals surface area contributed by atoms with E-state index < -0.39 is 0 Å². The van der Waals surface area contributed by atoms with Crippen molar-refractivity contribution in [1.29, 1.82) is 0 Å². The van der Waals surface area contributed by atoms with Gasteiger partial charge >= 0.3 is 0 Å². The molecule has 3 unspecified atom stereocenters. The summed E-state index contributed by atoms with van der Waals surface area (Å²) in [6.45, 7) is 4.63. The van der Waals surface area contributed by atoms with Gasteiger partial charge in [-0.1, -0.05) is 52.4 Å². The predicted octanol–water partition coefficient (Wildman–Crippen LogP) is 4.76. The van der Waals surface area contributed by atoms with Gasteiger partial charge in [0.1, 0.15) is 0 Å². The van der Waals surface area contributed by atoms with E-state index in [1.165, 1.54) is 64.2 Å². The molecule has 1 aliphatic carbocycles. The summed E-state index contributed by atoms with van der Waals surface area (Å²) in [7, 11) is 2.16. The minimum Gasteiger partial charge on any atom is -0.317 e. The number of unbranched alkanes of at least 4 members (excludes halogenated alkanes) is 3. The van der Waals surface area contributed by atoms with Gasteiger partial charge in [0, 0.05) is 6.04 Å². The highest BCUT2D eigenvalue weighted by atomic mass is 14.9. The molecule has 3 atom stereocenters. The lowest BCUT2D eigenvalue weighted by Gasteiger charge is -2.36. The minimum atomic E-state index is 0.810. The van der Waals surface area contributed by atoms with E-state index >= 15 is 0 Å². The van der Waals surface area contributed by atoms with Crippen molar-refractivity contribution in [2.24, 2.45) is 11.8 Å². The molecule has 0 aromatic rings. The van der Waals surface area contributed by atoms with E-state index in [9.17, 15) is 0 Å². The maximum absolute atomic E-state index is 3.56. The molecule has 1 fully saturated rings. The van der Waals surface area contributed by atoms with Crippen LogP contribution in [0.4, 0.5) is 0 Å². The average Bonchev–Trinajstić information content (AvgIpc) is 2.35. The van der Waals surface area contributed by atoms with Crippen molar-refractivity contribution in [3.63, 3.8) is 0 Å². The quantitative estimate of drug-likeness (QED) is 0.602. The first-order valence-corrected chi connectivity index (χ1v) is 7.99. The predicted molar refractivity (Wildman–Crippen MR) is 77.3 cm³/mol. The summed E-state index contributed by atoms with van der Waals surface area (Å²) < 4.78 is 0. The Morgan fingerprint density at radius 1 is 0.941 bits per heavy atom. The van der Waals surface area contributed by atoms with E-state index in [2.05, 4.69) is 26.2 Å². The zero-order valence-electron chi connectivity index (χ0n) is 12.3. The van der Waals surface area contributed by atoms with Crippen LogP contribution in [-0.2, 0) is 0 Å². The third kappa shape index (κ3) is 5.42. The molecule has 0 aromatic carbocycles. The summed E-state index contributed by atoms with van der Waals surface area (Å²) in [5.41, 5.74) is 0. The molecule has 0 saturated heterocycles. The molecule has 17 heavy (non-hydrogen) atoms. The van der Waals surface area contributed by atoms with Crippen molar-refractivity contribution < 1.29 is 0 Å². The molecule has 0 heterocycles.